The standard InChI is InChI=1S/C36H42F2N4O6S/c1-24-22-39-23-28(42(24)49(45,46)29-11-4-3-5-12-29)15-16-30-31(38)13-8-14-32(30)40-35(43)34(41-36(44)47-2)33(25-17-19-48-20-18-25)26-9-6-7-10-27(37)21-26/h3-5,8,10-14,21,24-25,28,33-34,39H,9,15-20,22-23H2,1-2H3,(H,40,43)(H,41,44)/t24-,28+,33?,34+/m1/s1. The van der Waals surface area contributed by atoms with Gasteiger partial charge in [0.15, 0.2) is 0 Å². The number of carbonyl (C=O) groups excluding carboxylic acids is 2. The van der Waals surface area contributed by atoms with E-state index in [0.717, 1.165) is 6.08 Å². The molecule has 0 radical (unpaired) electrons. The van der Waals surface area contributed by atoms with Crippen LogP contribution in [0.25, 0.3) is 0 Å². The highest BCUT2D eigenvalue weighted by Crippen LogP contribution is 2.36. The molecular formula is C36H42F2N4O6S. The highest BCUT2D eigenvalue weighted by atomic mass is 32.2. The topological polar surface area (TPSA) is 126 Å². The second-order valence-electron chi connectivity index (χ2n) is 12.4. The fourth-order valence-electron chi connectivity index (χ4n) is 6.95. The quantitative estimate of drug-likeness (QED) is 0.291. The van der Waals surface area contributed by atoms with Gasteiger partial charge in [0.1, 0.15) is 17.7 Å². The fraction of sp³-hybridized carbons (Fsp3) is 0.444. The van der Waals surface area contributed by atoms with E-state index in [1.807, 2.05) is 6.92 Å². The first-order chi connectivity index (χ1) is 23.6. The zero-order valence-electron chi connectivity index (χ0n) is 27.6. The van der Waals surface area contributed by atoms with E-state index < -0.39 is 51.7 Å². The van der Waals surface area contributed by atoms with Crippen LogP contribution in [0.1, 0.15) is 38.2 Å². The smallest absolute Gasteiger partial charge is 0.407 e. The monoisotopic (exact) mass is 696 g/mol. The van der Waals surface area contributed by atoms with Gasteiger partial charge in [-0.3, -0.25) is 4.79 Å². The molecule has 0 aromatic heterocycles. The summed E-state index contributed by atoms with van der Waals surface area (Å²) < 4.78 is 69.6. The van der Waals surface area contributed by atoms with Crippen LogP contribution in [-0.4, -0.2) is 76.3 Å². The summed E-state index contributed by atoms with van der Waals surface area (Å²) in [5, 5.41) is 8.77. The molecule has 5 rings (SSSR count). The average Bonchev–Trinajstić information content (AvgIpc) is 3.32. The Bertz CT molecular complexity index is 1730. The van der Waals surface area contributed by atoms with Crippen molar-refractivity contribution in [2.45, 2.75) is 62.0 Å². The number of sulfonamides is 1. The number of hydrogen-bond donors (Lipinski definition) is 3. The third-order valence-corrected chi connectivity index (χ3v) is 11.3. The number of ether oxygens (including phenoxy) is 2. The number of halogens is 2. The number of carbonyl (C=O) groups is 2. The molecule has 2 saturated heterocycles. The number of benzene rings is 2. The molecule has 1 unspecified atom stereocenters. The molecular weight excluding hydrogens is 654 g/mol. The van der Waals surface area contributed by atoms with Gasteiger partial charge in [0.2, 0.25) is 15.9 Å². The first-order valence-electron chi connectivity index (χ1n) is 16.4. The van der Waals surface area contributed by atoms with Gasteiger partial charge in [-0.05, 0) is 74.4 Å². The number of nitrogens with one attached hydrogen (secondary N) is 3. The highest BCUT2D eigenvalue weighted by molar-refractivity contribution is 7.89. The summed E-state index contributed by atoms with van der Waals surface area (Å²) in [6.07, 6.45) is 3.32. The lowest BCUT2D eigenvalue weighted by Crippen LogP contribution is -2.58. The molecule has 2 aliphatic heterocycles. The zero-order valence-corrected chi connectivity index (χ0v) is 28.4. The molecule has 2 aromatic rings. The van der Waals surface area contributed by atoms with Crippen molar-refractivity contribution in [3.05, 3.63) is 83.5 Å². The molecule has 3 aliphatic rings. The number of methoxy groups -OCH3 is 1. The Morgan fingerprint density at radius 1 is 1.10 bits per heavy atom. The maximum absolute atomic E-state index is 15.5. The molecule has 4 atom stereocenters. The molecule has 2 aromatic carbocycles. The Balaban J connectivity index is 1.43. The summed E-state index contributed by atoms with van der Waals surface area (Å²) in [5.41, 5.74) is 0.918. The Morgan fingerprint density at radius 2 is 1.86 bits per heavy atom. The molecule has 3 N–H and O–H groups in total. The van der Waals surface area contributed by atoms with Crippen molar-refractivity contribution in [3.8, 4) is 11.8 Å². The molecule has 0 bridgehead atoms. The first kappa shape index (κ1) is 36.2. The van der Waals surface area contributed by atoms with E-state index in [1.54, 1.807) is 36.4 Å². The van der Waals surface area contributed by atoms with Gasteiger partial charge in [-0.25, -0.2) is 22.0 Å². The molecule has 262 valence electrons. The van der Waals surface area contributed by atoms with Crippen molar-refractivity contribution in [3.63, 3.8) is 0 Å². The summed E-state index contributed by atoms with van der Waals surface area (Å²) >= 11 is 0. The number of amides is 2. The minimum Gasteiger partial charge on any atom is -0.453 e. The Kier molecular flexibility index (Phi) is 12.2. The van der Waals surface area contributed by atoms with Crippen molar-refractivity contribution in [1.82, 2.24) is 14.9 Å². The minimum atomic E-state index is -3.84. The summed E-state index contributed by atoms with van der Waals surface area (Å²) in [6, 6.07) is 10.5. The van der Waals surface area contributed by atoms with Crippen molar-refractivity contribution in [2.75, 3.05) is 38.7 Å². The molecule has 2 fully saturated rings. The second-order valence-corrected chi connectivity index (χ2v) is 14.3. The van der Waals surface area contributed by atoms with Crippen LogP contribution >= 0.6 is 0 Å². The van der Waals surface area contributed by atoms with Crippen LogP contribution in [0.3, 0.4) is 0 Å². The molecule has 2 heterocycles. The number of hydrogen-bond acceptors (Lipinski definition) is 7. The van der Waals surface area contributed by atoms with Gasteiger partial charge in [0.05, 0.1) is 12.0 Å². The number of anilines is 1. The molecule has 1 aliphatic carbocycles. The minimum absolute atomic E-state index is 0.109. The van der Waals surface area contributed by atoms with Crippen LogP contribution in [0.15, 0.2) is 77.0 Å². The number of rotatable bonds is 11. The highest BCUT2D eigenvalue weighted by Gasteiger charge is 2.40. The van der Waals surface area contributed by atoms with Crippen LogP contribution in [0.4, 0.5) is 19.3 Å². The zero-order chi connectivity index (χ0) is 35.0. The van der Waals surface area contributed by atoms with E-state index in [1.165, 1.54) is 29.6 Å². The number of nitrogens with zero attached hydrogens (tertiary/aromatic N) is 1. The summed E-state index contributed by atoms with van der Waals surface area (Å²) in [5.74, 6) is 2.97. The molecule has 0 saturated carbocycles. The normalized spacial score (nSPS) is 21.6. The van der Waals surface area contributed by atoms with Crippen LogP contribution in [0.5, 0.6) is 0 Å². The van der Waals surface area contributed by atoms with E-state index >= 15 is 4.39 Å². The molecule has 10 nitrogen and oxygen atoms in total. The van der Waals surface area contributed by atoms with E-state index in [0.29, 0.717) is 44.7 Å². The van der Waals surface area contributed by atoms with E-state index in [-0.39, 0.29) is 47.4 Å². The third kappa shape index (κ3) is 8.75. The average molecular weight is 697 g/mol. The maximum Gasteiger partial charge on any atom is 0.407 e. The summed E-state index contributed by atoms with van der Waals surface area (Å²) in [7, 11) is -2.66. The lowest BCUT2D eigenvalue weighted by atomic mass is 9.75. The SMILES string of the molecule is COC(=O)N[C@H](C(=O)Nc1cccc(F)c1CC[C@H]1CNC[C@@H](C)N1S(=O)(=O)c1ccccc1)C(C1=CC(F)=CC#CC1)C1CCOCC1. The molecule has 2 amide bonds. The maximum atomic E-state index is 15.5. The van der Waals surface area contributed by atoms with Gasteiger partial charge in [-0.1, -0.05) is 36.1 Å². The fourth-order valence-corrected chi connectivity index (χ4v) is 8.82. The summed E-state index contributed by atoms with van der Waals surface area (Å²) in [4.78, 5) is 27.0. The Hall–Kier alpha value is -4.09. The van der Waals surface area contributed by atoms with Crippen LogP contribution in [0, 0.1) is 29.5 Å². The lowest BCUT2D eigenvalue weighted by molar-refractivity contribution is -0.119. The van der Waals surface area contributed by atoms with Crippen molar-refractivity contribution in [2.24, 2.45) is 11.8 Å². The van der Waals surface area contributed by atoms with Crippen LogP contribution < -0.4 is 16.0 Å². The van der Waals surface area contributed by atoms with Gasteiger partial charge in [0.25, 0.3) is 0 Å². The van der Waals surface area contributed by atoms with Gasteiger partial charge < -0.3 is 25.4 Å². The summed E-state index contributed by atoms with van der Waals surface area (Å²) in [6.45, 7) is 3.53. The van der Waals surface area contributed by atoms with Crippen molar-refractivity contribution in [1.29, 1.82) is 0 Å². The van der Waals surface area contributed by atoms with Gasteiger partial charge >= 0.3 is 6.09 Å². The number of allylic oxidation sites excluding steroid dienone is 3. The second kappa shape index (κ2) is 16.5. The van der Waals surface area contributed by atoms with Crippen LogP contribution in [-0.2, 0) is 30.7 Å². The lowest BCUT2D eigenvalue weighted by Gasteiger charge is -2.40. The van der Waals surface area contributed by atoms with E-state index in [4.69, 9.17) is 9.47 Å². The molecule has 13 heteroatoms. The Morgan fingerprint density at radius 3 is 2.59 bits per heavy atom. The van der Waals surface area contributed by atoms with Crippen LogP contribution in [0.2, 0.25) is 0 Å². The van der Waals surface area contributed by atoms with Gasteiger partial charge in [-0.15, -0.1) is 0 Å². The van der Waals surface area contributed by atoms with Crippen molar-refractivity contribution < 1.29 is 36.3 Å². The predicted octanol–water partition coefficient (Wildman–Crippen LogP) is 4.70. The third-order valence-electron chi connectivity index (χ3n) is 9.27. The number of piperazine rings is 1. The molecule has 0 spiro atoms. The first-order valence-corrected chi connectivity index (χ1v) is 17.9. The number of alkyl carbamates (subject to hydrolysis) is 1. The largest absolute Gasteiger partial charge is 0.453 e. The predicted molar refractivity (Wildman–Crippen MR) is 181 cm³/mol. The molecule has 49 heavy (non-hydrogen) atoms. The van der Waals surface area contributed by atoms with Gasteiger partial charge in [0, 0.05) is 68.1 Å². The van der Waals surface area contributed by atoms with Gasteiger partial charge in [-0.2, -0.15) is 4.31 Å². The van der Waals surface area contributed by atoms with E-state index in [2.05, 4.69) is 27.8 Å². The Labute approximate surface area is 286 Å². The van der Waals surface area contributed by atoms with Crippen molar-refractivity contribution >= 4 is 27.7 Å². The van der Waals surface area contributed by atoms with E-state index in [9.17, 15) is 22.4 Å².